The van der Waals surface area contributed by atoms with Crippen LogP contribution in [-0.2, 0) is 9.53 Å². The highest BCUT2D eigenvalue weighted by Crippen LogP contribution is 2.04. The molecule has 1 rings (SSSR count). The maximum absolute atomic E-state index is 11.9. The molecule has 1 N–H and O–H groups in total. The lowest BCUT2D eigenvalue weighted by Crippen LogP contribution is -2.41. The SMILES string of the molecule is CCCCN/C=C(/C#N)C(=O)N1CCOCC1. The van der Waals surface area contributed by atoms with Crippen LogP contribution in [0.5, 0.6) is 0 Å². The highest BCUT2D eigenvalue weighted by Gasteiger charge is 2.20. The van der Waals surface area contributed by atoms with Crippen LogP contribution < -0.4 is 5.32 Å². The van der Waals surface area contributed by atoms with Crippen molar-refractivity contribution >= 4 is 5.91 Å². The van der Waals surface area contributed by atoms with Gasteiger partial charge in [0.1, 0.15) is 11.6 Å². The van der Waals surface area contributed by atoms with Gasteiger partial charge in [0.15, 0.2) is 0 Å². The molecule has 0 aromatic carbocycles. The first-order valence-corrected chi connectivity index (χ1v) is 6.00. The Hall–Kier alpha value is -1.54. The highest BCUT2D eigenvalue weighted by molar-refractivity contribution is 5.97. The van der Waals surface area contributed by atoms with Crippen LogP contribution in [0.3, 0.4) is 0 Å². The quantitative estimate of drug-likeness (QED) is 0.433. The van der Waals surface area contributed by atoms with Crippen LogP contribution in [0.1, 0.15) is 19.8 Å². The minimum atomic E-state index is -0.209. The number of morpholine rings is 1. The van der Waals surface area contributed by atoms with Gasteiger partial charge < -0.3 is 15.0 Å². The molecule has 1 amide bonds. The van der Waals surface area contributed by atoms with Crippen molar-refractivity contribution < 1.29 is 9.53 Å². The van der Waals surface area contributed by atoms with Crippen LogP contribution in [-0.4, -0.2) is 43.7 Å². The van der Waals surface area contributed by atoms with Crippen molar-refractivity contribution in [1.29, 1.82) is 5.26 Å². The number of carbonyl (C=O) groups is 1. The molecule has 1 saturated heterocycles. The van der Waals surface area contributed by atoms with E-state index in [1.807, 2.05) is 6.07 Å². The highest BCUT2D eigenvalue weighted by atomic mass is 16.5. The smallest absolute Gasteiger partial charge is 0.266 e. The molecule has 5 nitrogen and oxygen atoms in total. The van der Waals surface area contributed by atoms with Crippen molar-refractivity contribution in [3.8, 4) is 6.07 Å². The number of ether oxygens (including phenoxy) is 1. The van der Waals surface area contributed by atoms with E-state index in [9.17, 15) is 4.79 Å². The third kappa shape index (κ3) is 4.45. The molecule has 94 valence electrons. The molecule has 0 aromatic heterocycles. The van der Waals surface area contributed by atoms with Gasteiger partial charge in [-0.05, 0) is 6.42 Å². The Morgan fingerprint density at radius 3 is 2.82 bits per heavy atom. The normalized spacial score (nSPS) is 16.5. The van der Waals surface area contributed by atoms with Crippen LogP contribution in [0, 0.1) is 11.3 Å². The maximum Gasteiger partial charge on any atom is 0.266 e. The second kappa shape index (κ2) is 7.69. The van der Waals surface area contributed by atoms with E-state index in [4.69, 9.17) is 10.00 Å². The molecule has 0 spiro atoms. The number of unbranched alkanes of at least 4 members (excludes halogenated alkanes) is 1. The number of amides is 1. The third-order valence-corrected chi connectivity index (χ3v) is 2.57. The first-order valence-electron chi connectivity index (χ1n) is 6.00. The maximum atomic E-state index is 11.9. The summed E-state index contributed by atoms with van der Waals surface area (Å²) in [5, 5.41) is 11.9. The fourth-order valence-corrected chi connectivity index (χ4v) is 1.53. The summed E-state index contributed by atoms with van der Waals surface area (Å²) in [5.41, 5.74) is 0.169. The number of hydrogen-bond donors (Lipinski definition) is 1. The molecule has 0 bridgehead atoms. The van der Waals surface area contributed by atoms with Crippen molar-refractivity contribution in [2.75, 3.05) is 32.8 Å². The van der Waals surface area contributed by atoms with Gasteiger partial charge in [-0.1, -0.05) is 13.3 Å². The first kappa shape index (κ1) is 13.5. The van der Waals surface area contributed by atoms with E-state index in [1.165, 1.54) is 6.20 Å². The van der Waals surface area contributed by atoms with Gasteiger partial charge in [0.2, 0.25) is 0 Å². The molecule has 1 aliphatic rings. The van der Waals surface area contributed by atoms with Gasteiger partial charge in [-0.3, -0.25) is 4.79 Å². The van der Waals surface area contributed by atoms with Gasteiger partial charge >= 0.3 is 0 Å². The van der Waals surface area contributed by atoms with E-state index in [0.717, 1.165) is 19.4 Å². The topological polar surface area (TPSA) is 65.4 Å². The molecule has 0 aromatic rings. The van der Waals surface area contributed by atoms with Gasteiger partial charge in [-0.2, -0.15) is 5.26 Å². The van der Waals surface area contributed by atoms with E-state index in [0.29, 0.717) is 26.3 Å². The number of nitrogens with zero attached hydrogens (tertiary/aromatic N) is 2. The van der Waals surface area contributed by atoms with Crippen LogP contribution in [0.15, 0.2) is 11.8 Å². The number of carbonyl (C=O) groups excluding carboxylic acids is 1. The Morgan fingerprint density at radius 2 is 2.24 bits per heavy atom. The molecule has 0 radical (unpaired) electrons. The largest absolute Gasteiger partial charge is 0.390 e. The monoisotopic (exact) mass is 237 g/mol. The Balaban J connectivity index is 2.48. The van der Waals surface area contributed by atoms with Crippen molar-refractivity contribution in [3.63, 3.8) is 0 Å². The molecule has 0 aliphatic carbocycles. The fraction of sp³-hybridized carbons (Fsp3) is 0.667. The second-order valence-electron chi connectivity index (χ2n) is 3.88. The predicted molar refractivity (Wildman–Crippen MR) is 64.0 cm³/mol. The average molecular weight is 237 g/mol. The van der Waals surface area contributed by atoms with Crippen LogP contribution >= 0.6 is 0 Å². The molecule has 0 atom stereocenters. The van der Waals surface area contributed by atoms with E-state index >= 15 is 0 Å². The average Bonchev–Trinajstić information content (AvgIpc) is 2.39. The van der Waals surface area contributed by atoms with Gasteiger partial charge in [-0.15, -0.1) is 0 Å². The van der Waals surface area contributed by atoms with E-state index in [-0.39, 0.29) is 11.5 Å². The fourth-order valence-electron chi connectivity index (χ4n) is 1.53. The number of rotatable bonds is 5. The Morgan fingerprint density at radius 1 is 1.53 bits per heavy atom. The van der Waals surface area contributed by atoms with Crippen molar-refractivity contribution in [2.45, 2.75) is 19.8 Å². The second-order valence-corrected chi connectivity index (χ2v) is 3.88. The number of nitriles is 1. The summed E-state index contributed by atoms with van der Waals surface area (Å²) in [5.74, 6) is -0.209. The summed E-state index contributed by atoms with van der Waals surface area (Å²) >= 11 is 0. The molecule has 5 heteroatoms. The Kier molecular flexibility index (Phi) is 6.12. The van der Waals surface area contributed by atoms with Crippen molar-refractivity contribution in [1.82, 2.24) is 10.2 Å². The Labute approximate surface area is 102 Å². The van der Waals surface area contributed by atoms with Crippen LogP contribution in [0.25, 0.3) is 0 Å². The van der Waals surface area contributed by atoms with Gasteiger partial charge in [0.25, 0.3) is 5.91 Å². The lowest BCUT2D eigenvalue weighted by Gasteiger charge is -2.26. The zero-order valence-electron chi connectivity index (χ0n) is 10.2. The number of hydrogen-bond acceptors (Lipinski definition) is 4. The van der Waals surface area contributed by atoms with E-state index in [2.05, 4.69) is 12.2 Å². The van der Waals surface area contributed by atoms with Gasteiger partial charge in [0.05, 0.1) is 13.2 Å². The zero-order valence-corrected chi connectivity index (χ0v) is 10.2. The molecule has 1 aliphatic heterocycles. The summed E-state index contributed by atoms with van der Waals surface area (Å²) in [7, 11) is 0. The minimum Gasteiger partial charge on any atom is -0.390 e. The van der Waals surface area contributed by atoms with Gasteiger partial charge in [0, 0.05) is 25.8 Å². The van der Waals surface area contributed by atoms with Crippen molar-refractivity contribution in [2.24, 2.45) is 0 Å². The summed E-state index contributed by atoms with van der Waals surface area (Å²) in [6.45, 7) is 5.11. The standard InChI is InChI=1S/C12H19N3O2/c1-2-3-4-14-10-11(9-13)12(16)15-5-7-17-8-6-15/h10,14H,2-8H2,1H3/b11-10-. The molecule has 0 saturated carbocycles. The van der Waals surface area contributed by atoms with Crippen molar-refractivity contribution in [3.05, 3.63) is 11.8 Å². The lowest BCUT2D eigenvalue weighted by atomic mass is 10.2. The summed E-state index contributed by atoms with van der Waals surface area (Å²) in [4.78, 5) is 13.6. The first-order chi connectivity index (χ1) is 8.29. The molecule has 0 unspecified atom stereocenters. The number of nitrogens with one attached hydrogen (secondary N) is 1. The Bertz CT molecular complexity index is 314. The molecule has 1 heterocycles. The molecule has 17 heavy (non-hydrogen) atoms. The zero-order chi connectivity index (χ0) is 12.5. The summed E-state index contributed by atoms with van der Waals surface area (Å²) in [6.07, 6.45) is 3.63. The minimum absolute atomic E-state index is 0.169. The van der Waals surface area contributed by atoms with Crippen LogP contribution in [0.4, 0.5) is 0 Å². The molecular formula is C12H19N3O2. The van der Waals surface area contributed by atoms with Gasteiger partial charge in [-0.25, -0.2) is 0 Å². The van der Waals surface area contributed by atoms with E-state index < -0.39 is 0 Å². The summed E-state index contributed by atoms with van der Waals surface area (Å²) in [6, 6.07) is 1.94. The van der Waals surface area contributed by atoms with E-state index in [1.54, 1.807) is 4.90 Å². The third-order valence-electron chi connectivity index (χ3n) is 2.57. The molecule has 1 fully saturated rings. The predicted octanol–water partition coefficient (Wildman–Crippen LogP) is 0.642. The molecular weight excluding hydrogens is 218 g/mol. The van der Waals surface area contributed by atoms with Crippen LogP contribution in [0.2, 0.25) is 0 Å². The summed E-state index contributed by atoms with van der Waals surface area (Å²) < 4.78 is 5.16. The lowest BCUT2D eigenvalue weighted by molar-refractivity contribution is -0.130.